The lowest BCUT2D eigenvalue weighted by Crippen LogP contribution is -1.99. The van der Waals surface area contributed by atoms with Gasteiger partial charge in [-0.1, -0.05) is 13.8 Å². The molecule has 0 aliphatic heterocycles. The second kappa shape index (κ2) is 6.09. The van der Waals surface area contributed by atoms with Crippen LogP contribution in [-0.2, 0) is 6.54 Å². The number of H-pyrrole nitrogens is 1. The average Bonchev–Trinajstić information content (AvgIpc) is 2.85. The minimum Gasteiger partial charge on any atom is -0.494 e. The molecule has 0 aliphatic carbocycles. The van der Waals surface area contributed by atoms with E-state index in [0.29, 0.717) is 19.1 Å². The number of hydrogen-bond donors (Lipinski definition) is 2. The molecule has 20 heavy (non-hydrogen) atoms. The number of aryl methyl sites for hydroxylation is 1. The van der Waals surface area contributed by atoms with Gasteiger partial charge in [-0.2, -0.15) is 0 Å². The molecule has 4 nitrogen and oxygen atoms in total. The summed E-state index contributed by atoms with van der Waals surface area (Å²) < 4.78 is 5.57. The highest BCUT2D eigenvalue weighted by atomic mass is 16.5. The summed E-state index contributed by atoms with van der Waals surface area (Å²) in [6.45, 7) is 9.41. The summed E-state index contributed by atoms with van der Waals surface area (Å²) in [6, 6.07) is 6.14. The normalized spacial score (nSPS) is 11.1. The Balaban J connectivity index is 2.43. The maximum Gasteiger partial charge on any atom is 0.122 e. The summed E-state index contributed by atoms with van der Waals surface area (Å²) in [7, 11) is 0. The molecule has 0 saturated heterocycles. The minimum atomic E-state index is 0.359. The molecule has 0 atom stereocenters. The van der Waals surface area contributed by atoms with Crippen molar-refractivity contribution in [3.05, 3.63) is 35.3 Å². The number of nitrogens with one attached hydrogen (secondary N) is 1. The molecular weight excluding hydrogens is 250 g/mol. The van der Waals surface area contributed by atoms with E-state index in [4.69, 9.17) is 15.5 Å². The number of aromatic nitrogens is 2. The summed E-state index contributed by atoms with van der Waals surface area (Å²) in [4.78, 5) is 8.01. The van der Waals surface area contributed by atoms with Crippen molar-refractivity contribution in [2.24, 2.45) is 5.73 Å². The number of benzene rings is 1. The highest BCUT2D eigenvalue weighted by molar-refractivity contribution is 5.64. The summed E-state index contributed by atoms with van der Waals surface area (Å²) in [5, 5.41) is 0. The first kappa shape index (κ1) is 14.6. The lowest BCUT2D eigenvalue weighted by molar-refractivity contribution is 0.338. The Labute approximate surface area is 120 Å². The first-order valence-electron chi connectivity index (χ1n) is 7.09. The zero-order valence-corrected chi connectivity index (χ0v) is 12.7. The van der Waals surface area contributed by atoms with Gasteiger partial charge in [0.2, 0.25) is 0 Å². The molecule has 0 saturated carbocycles. The Hall–Kier alpha value is -1.81. The van der Waals surface area contributed by atoms with E-state index in [1.165, 1.54) is 0 Å². The number of rotatable bonds is 5. The molecule has 0 unspecified atom stereocenters. The van der Waals surface area contributed by atoms with Crippen LogP contribution in [0.5, 0.6) is 5.75 Å². The van der Waals surface area contributed by atoms with Crippen molar-refractivity contribution in [3.63, 3.8) is 0 Å². The highest BCUT2D eigenvalue weighted by Gasteiger charge is 2.14. The Bertz CT molecular complexity index is 587. The number of nitrogens with two attached hydrogens (primary N) is 1. The van der Waals surface area contributed by atoms with Gasteiger partial charge in [0.15, 0.2) is 0 Å². The first-order chi connectivity index (χ1) is 9.56. The van der Waals surface area contributed by atoms with Gasteiger partial charge in [-0.15, -0.1) is 0 Å². The van der Waals surface area contributed by atoms with Crippen molar-refractivity contribution >= 4 is 0 Å². The van der Waals surface area contributed by atoms with Crippen LogP contribution in [0.4, 0.5) is 0 Å². The minimum absolute atomic E-state index is 0.359. The smallest absolute Gasteiger partial charge is 0.122 e. The van der Waals surface area contributed by atoms with Crippen molar-refractivity contribution in [2.45, 2.75) is 40.2 Å². The predicted octanol–water partition coefficient (Wildman–Crippen LogP) is 3.37. The van der Waals surface area contributed by atoms with Gasteiger partial charge in [-0.25, -0.2) is 4.98 Å². The van der Waals surface area contributed by atoms with Crippen LogP contribution in [-0.4, -0.2) is 16.6 Å². The Morgan fingerprint density at radius 1 is 1.35 bits per heavy atom. The molecule has 108 valence electrons. The zero-order valence-electron chi connectivity index (χ0n) is 12.7. The molecule has 0 amide bonds. The summed E-state index contributed by atoms with van der Waals surface area (Å²) >= 11 is 0. The summed E-state index contributed by atoms with van der Waals surface area (Å²) in [6.07, 6.45) is 0. The van der Waals surface area contributed by atoms with Gasteiger partial charge < -0.3 is 15.5 Å². The number of nitrogens with zero attached hydrogens (tertiary/aromatic N) is 1. The molecule has 2 rings (SSSR count). The van der Waals surface area contributed by atoms with Gasteiger partial charge in [-0.3, -0.25) is 0 Å². The molecule has 0 fully saturated rings. The molecule has 1 aromatic carbocycles. The van der Waals surface area contributed by atoms with Gasteiger partial charge in [0.05, 0.1) is 18.0 Å². The van der Waals surface area contributed by atoms with Crippen LogP contribution in [0, 0.1) is 6.92 Å². The molecule has 0 spiro atoms. The molecular formula is C16H23N3O. The van der Waals surface area contributed by atoms with Crippen molar-refractivity contribution in [1.29, 1.82) is 0 Å². The summed E-state index contributed by atoms with van der Waals surface area (Å²) in [5.41, 5.74) is 9.94. The van der Waals surface area contributed by atoms with Crippen molar-refractivity contribution in [3.8, 4) is 17.0 Å². The van der Waals surface area contributed by atoms with E-state index in [-0.39, 0.29) is 0 Å². The van der Waals surface area contributed by atoms with E-state index in [2.05, 4.69) is 24.9 Å². The number of imidazole rings is 1. The van der Waals surface area contributed by atoms with Gasteiger partial charge in [0, 0.05) is 18.0 Å². The standard InChI is InChI=1S/C16H23N3O/c1-5-20-14-7-6-12(8-11(14)4)15-13(9-17)18-16(19-15)10(2)3/h6-8,10H,5,9,17H2,1-4H3,(H,18,19). The fourth-order valence-corrected chi connectivity index (χ4v) is 2.20. The topological polar surface area (TPSA) is 63.9 Å². The second-order valence-corrected chi connectivity index (χ2v) is 5.22. The molecule has 4 heteroatoms. The van der Waals surface area contributed by atoms with Crippen LogP contribution >= 0.6 is 0 Å². The fourth-order valence-electron chi connectivity index (χ4n) is 2.20. The van der Waals surface area contributed by atoms with Gasteiger partial charge >= 0.3 is 0 Å². The van der Waals surface area contributed by atoms with Crippen molar-refractivity contribution < 1.29 is 4.74 Å². The predicted molar refractivity (Wildman–Crippen MR) is 81.9 cm³/mol. The average molecular weight is 273 g/mol. The van der Waals surface area contributed by atoms with E-state index in [1.54, 1.807) is 0 Å². The van der Waals surface area contributed by atoms with E-state index < -0.39 is 0 Å². The number of aromatic amines is 1. The maximum atomic E-state index is 5.82. The van der Waals surface area contributed by atoms with Crippen LogP contribution in [0.25, 0.3) is 11.3 Å². The zero-order chi connectivity index (χ0) is 14.7. The SMILES string of the molecule is CCOc1ccc(-c2nc(C(C)C)[nH]c2CN)cc1C. The molecule has 1 aromatic heterocycles. The van der Waals surface area contributed by atoms with Crippen LogP contribution < -0.4 is 10.5 Å². The second-order valence-electron chi connectivity index (χ2n) is 5.22. The van der Waals surface area contributed by atoms with Crippen LogP contribution in [0.15, 0.2) is 18.2 Å². The largest absolute Gasteiger partial charge is 0.494 e. The van der Waals surface area contributed by atoms with Crippen molar-refractivity contribution in [2.75, 3.05) is 6.61 Å². The molecule has 1 heterocycles. The molecule has 0 radical (unpaired) electrons. The van der Waals surface area contributed by atoms with Gasteiger partial charge in [0.25, 0.3) is 0 Å². The third-order valence-electron chi connectivity index (χ3n) is 3.30. The lowest BCUT2D eigenvalue weighted by atomic mass is 10.1. The quantitative estimate of drug-likeness (QED) is 0.878. The van der Waals surface area contributed by atoms with Gasteiger partial charge in [-0.05, 0) is 37.6 Å². The Morgan fingerprint density at radius 3 is 2.65 bits per heavy atom. The maximum absolute atomic E-state index is 5.82. The fraction of sp³-hybridized carbons (Fsp3) is 0.438. The summed E-state index contributed by atoms with van der Waals surface area (Å²) in [5.74, 6) is 2.26. The third-order valence-corrected chi connectivity index (χ3v) is 3.30. The molecule has 0 bridgehead atoms. The Kier molecular flexibility index (Phi) is 4.45. The molecule has 0 aliphatic rings. The molecule has 2 aromatic rings. The molecule has 3 N–H and O–H groups in total. The van der Waals surface area contributed by atoms with E-state index in [0.717, 1.165) is 34.1 Å². The van der Waals surface area contributed by atoms with Crippen molar-refractivity contribution in [1.82, 2.24) is 9.97 Å². The van der Waals surface area contributed by atoms with E-state index in [9.17, 15) is 0 Å². The lowest BCUT2D eigenvalue weighted by Gasteiger charge is -2.08. The van der Waals surface area contributed by atoms with Crippen LogP contribution in [0.2, 0.25) is 0 Å². The Morgan fingerprint density at radius 2 is 2.10 bits per heavy atom. The number of hydrogen-bond acceptors (Lipinski definition) is 3. The highest BCUT2D eigenvalue weighted by Crippen LogP contribution is 2.28. The number of ether oxygens (including phenoxy) is 1. The van der Waals surface area contributed by atoms with E-state index >= 15 is 0 Å². The van der Waals surface area contributed by atoms with Crippen LogP contribution in [0.1, 0.15) is 43.8 Å². The van der Waals surface area contributed by atoms with Gasteiger partial charge in [0.1, 0.15) is 11.6 Å². The van der Waals surface area contributed by atoms with E-state index in [1.807, 2.05) is 26.0 Å². The monoisotopic (exact) mass is 273 g/mol. The van der Waals surface area contributed by atoms with Crippen LogP contribution in [0.3, 0.4) is 0 Å². The third kappa shape index (κ3) is 2.85. The first-order valence-corrected chi connectivity index (χ1v) is 7.09.